The van der Waals surface area contributed by atoms with Gasteiger partial charge in [0.2, 0.25) is 0 Å². The van der Waals surface area contributed by atoms with Crippen molar-refractivity contribution in [2.75, 3.05) is 10.0 Å². The maximum Gasteiger partial charge on any atom is 0.271 e. The molecule has 7 heteroatoms. The normalized spacial score (nSPS) is 12.2. The van der Waals surface area contributed by atoms with Crippen molar-refractivity contribution in [3.05, 3.63) is 40.7 Å². The van der Waals surface area contributed by atoms with Crippen molar-refractivity contribution in [1.29, 1.82) is 0 Å². The van der Waals surface area contributed by atoms with E-state index in [1.165, 1.54) is 6.07 Å². The summed E-state index contributed by atoms with van der Waals surface area (Å²) in [5, 5.41) is 3.31. The molecule has 0 aliphatic heterocycles. The third-order valence-corrected chi connectivity index (χ3v) is 5.57. The number of halogens is 1. The van der Waals surface area contributed by atoms with Crippen LogP contribution in [0.5, 0.6) is 0 Å². The number of rotatable bonds is 4. The number of hydrogen-bond acceptors (Lipinski definition) is 4. The number of nitrogens with one attached hydrogen (secondary N) is 2. The average Bonchev–Trinajstić information content (AvgIpc) is 2.77. The lowest BCUT2D eigenvalue weighted by Gasteiger charge is -2.22. The summed E-state index contributed by atoms with van der Waals surface area (Å²) in [5.74, 6) is 0. The third-order valence-electron chi connectivity index (χ3n) is 2.47. The van der Waals surface area contributed by atoms with Gasteiger partial charge >= 0.3 is 0 Å². The lowest BCUT2D eigenvalue weighted by atomic mass is 10.1. The first kappa shape index (κ1) is 16.1. The van der Waals surface area contributed by atoms with Crippen molar-refractivity contribution in [1.82, 2.24) is 0 Å². The van der Waals surface area contributed by atoms with E-state index in [0.29, 0.717) is 10.0 Å². The first-order chi connectivity index (χ1) is 9.66. The van der Waals surface area contributed by atoms with E-state index in [1.807, 2.05) is 12.1 Å². The van der Waals surface area contributed by atoms with Gasteiger partial charge in [-0.3, -0.25) is 4.72 Å². The van der Waals surface area contributed by atoms with Gasteiger partial charge in [-0.25, -0.2) is 8.42 Å². The molecule has 0 spiro atoms. The highest BCUT2D eigenvalue weighted by atomic mass is 35.5. The van der Waals surface area contributed by atoms with Crippen LogP contribution in [0.3, 0.4) is 0 Å². The molecule has 114 valence electrons. The van der Waals surface area contributed by atoms with Crippen molar-refractivity contribution in [3.8, 4) is 0 Å². The summed E-state index contributed by atoms with van der Waals surface area (Å²) < 4.78 is 27.5. The van der Waals surface area contributed by atoms with E-state index in [0.717, 1.165) is 17.0 Å². The standard InChI is InChI=1S/C14H17ClN2O2S2/c1-14(2,3)16-10-4-6-11(7-5-10)17-21(18,19)13-9-8-12(15)20-13/h4-9,16-17H,1-3H3. The minimum Gasteiger partial charge on any atom is -0.380 e. The molecule has 4 nitrogen and oxygen atoms in total. The van der Waals surface area contributed by atoms with Crippen LogP contribution in [-0.2, 0) is 10.0 Å². The van der Waals surface area contributed by atoms with Gasteiger partial charge in [-0.15, -0.1) is 11.3 Å². The molecule has 0 fully saturated rings. The van der Waals surface area contributed by atoms with Crippen LogP contribution in [0.1, 0.15) is 20.8 Å². The van der Waals surface area contributed by atoms with E-state index in [4.69, 9.17) is 11.6 Å². The Kier molecular flexibility index (Phi) is 4.51. The van der Waals surface area contributed by atoms with Gasteiger partial charge in [0.1, 0.15) is 4.21 Å². The molecule has 0 saturated heterocycles. The van der Waals surface area contributed by atoms with Crippen molar-refractivity contribution in [2.45, 2.75) is 30.5 Å². The van der Waals surface area contributed by atoms with Gasteiger partial charge in [-0.1, -0.05) is 11.6 Å². The molecule has 0 amide bonds. The van der Waals surface area contributed by atoms with Gasteiger partial charge in [-0.05, 0) is 57.2 Å². The fourth-order valence-electron chi connectivity index (χ4n) is 1.70. The highest BCUT2D eigenvalue weighted by molar-refractivity contribution is 7.94. The molecule has 0 radical (unpaired) electrons. The van der Waals surface area contributed by atoms with Gasteiger partial charge < -0.3 is 5.32 Å². The minimum atomic E-state index is -3.58. The number of hydrogen-bond donors (Lipinski definition) is 2. The van der Waals surface area contributed by atoms with Crippen molar-refractivity contribution in [2.24, 2.45) is 0 Å². The van der Waals surface area contributed by atoms with Gasteiger partial charge in [0, 0.05) is 16.9 Å². The second kappa shape index (κ2) is 5.87. The lowest BCUT2D eigenvalue weighted by Crippen LogP contribution is -2.25. The Labute approximate surface area is 134 Å². The van der Waals surface area contributed by atoms with Gasteiger partial charge in [-0.2, -0.15) is 0 Å². The summed E-state index contributed by atoms with van der Waals surface area (Å²) in [5.41, 5.74) is 1.40. The SMILES string of the molecule is CC(C)(C)Nc1ccc(NS(=O)(=O)c2ccc(Cl)s2)cc1. The molecule has 0 saturated carbocycles. The number of sulfonamides is 1. The van der Waals surface area contributed by atoms with Crippen LogP contribution < -0.4 is 10.0 Å². The van der Waals surface area contributed by atoms with Gasteiger partial charge in [0.05, 0.1) is 4.34 Å². The first-order valence-corrected chi connectivity index (χ1v) is 9.00. The Morgan fingerprint density at radius 2 is 1.57 bits per heavy atom. The molecule has 2 aromatic rings. The molecule has 1 heterocycles. The fourth-order valence-corrected chi connectivity index (χ4v) is 4.24. The highest BCUT2D eigenvalue weighted by Gasteiger charge is 2.16. The zero-order valence-electron chi connectivity index (χ0n) is 12.0. The predicted molar refractivity (Wildman–Crippen MR) is 90.0 cm³/mol. The van der Waals surface area contributed by atoms with Crippen LogP contribution in [0.15, 0.2) is 40.6 Å². The Bertz CT molecular complexity index is 716. The van der Waals surface area contributed by atoms with E-state index in [1.54, 1.807) is 18.2 Å². The molecule has 2 rings (SSSR count). The summed E-state index contributed by atoms with van der Waals surface area (Å²) in [6, 6.07) is 10.2. The summed E-state index contributed by atoms with van der Waals surface area (Å²) in [7, 11) is -3.58. The smallest absolute Gasteiger partial charge is 0.271 e. The summed E-state index contributed by atoms with van der Waals surface area (Å²) >= 11 is 6.80. The highest BCUT2D eigenvalue weighted by Crippen LogP contribution is 2.27. The van der Waals surface area contributed by atoms with Crippen molar-refractivity contribution in [3.63, 3.8) is 0 Å². The number of thiophene rings is 1. The molecule has 0 atom stereocenters. The molecule has 2 N–H and O–H groups in total. The van der Waals surface area contributed by atoms with Crippen LogP contribution in [-0.4, -0.2) is 14.0 Å². The largest absolute Gasteiger partial charge is 0.380 e. The first-order valence-electron chi connectivity index (χ1n) is 6.32. The van der Waals surface area contributed by atoms with E-state index in [-0.39, 0.29) is 9.75 Å². The quantitative estimate of drug-likeness (QED) is 0.863. The van der Waals surface area contributed by atoms with E-state index in [2.05, 4.69) is 30.8 Å². The Balaban J connectivity index is 2.13. The summed E-state index contributed by atoms with van der Waals surface area (Å²) in [6.07, 6.45) is 0. The number of benzene rings is 1. The monoisotopic (exact) mass is 344 g/mol. The fraction of sp³-hybridized carbons (Fsp3) is 0.286. The van der Waals surface area contributed by atoms with E-state index >= 15 is 0 Å². The van der Waals surface area contributed by atoms with Gasteiger partial charge in [0.25, 0.3) is 10.0 Å². The molecule has 1 aromatic carbocycles. The maximum atomic E-state index is 12.2. The van der Waals surface area contributed by atoms with Crippen LogP contribution >= 0.6 is 22.9 Å². The topological polar surface area (TPSA) is 58.2 Å². The molecule has 0 unspecified atom stereocenters. The second-order valence-electron chi connectivity index (χ2n) is 5.62. The molecular weight excluding hydrogens is 328 g/mol. The maximum absolute atomic E-state index is 12.2. The second-order valence-corrected chi connectivity index (χ2v) is 9.24. The molecule has 0 aliphatic rings. The van der Waals surface area contributed by atoms with Crippen LogP contribution in [0.4, 0.5) is 11.4 Å². The van der Waals surface area contributed by atoms with Crippen LogP contribution in [0.2, 0.25) is 4.34 Å². The summed E-state index contributed by atoms with van der Waals surface area (Å²) in [6.45, 7) is 6.18. The summed E-state index contributed by atoms with van der Waals surface area (Å²) in [4.78, 5) is 0. The Morgan fingerprint density at radius 1 is 1.00 bits per heavy atom. The zero-order valence-corrected chi connectivity index (χ0v) is 14.4. The Morgan fingerprint density at radius 3 is 2.05 bits per heavy atom. The van der Waals surface area contributed by atoms with Gasteiger partial charge in [0.15, 0.2) is 0 Å². The minimum absolute atomic E-state index is 0.0469. The lowest BCUT2D eigenvalue weighted by molar-refractivity contribution is 0.603. The van der Waals surface area contributed by atoms with E-state index in [9.17, 15) is 8.42 Å². The number of anilines is 2. The molecule has 21 heavy (non-hydrogen) atoms. The molecule has 1 aromatic heterocycles. The molecule has 0 aliphatic carbocycles. The van der Waals surface area contributed by atoms with Crippen molar-refractivity contribution < 1.29 is 8.42 Å². The molecule has 0 bridgehead atoms. The zero-order chi connectivity index (χ0) is 15.7. The van der Waals surface area contributed by atoms with Crippen LogP contribution in [0.25, 0.3) is 0 Å². The van der Waals surface area contributed by atoms with Crippen molar-refractivity contribution >= 4 is 44.3 Å². The average molecular weight is 345 g/mol. The Hall–Kier alpha value is -1.24. The van der Waals surface area contributed by atoms with E-state index < -0.39 is 10.0 Å². The predicted octanol–water partition coefficient (Wildman–Crippen LogP) is 4.41. The third kappa shape index (κ3) is 4.62. The molecular formula is C14H17ClN2O2S2. The van der Waals surface area contributed by atoms with Crippen LogP contribution in [0, 0.1) is 0 Å².